The Bertz CT molecular complexity index is 959. The van der Waals surface area contributed by atoms with Crippen LogP contribution in [0.2, 0.25) is 0 Å². The van der Waals surface area contributed by atoms with Crippen LogP contribution in [0.5, 0.6) is 5.75 Å². The minimum atomic E-state index is -0.585. The Hall–Kier alpha value is -2.89. The highest BCUT2D eigenvalue weighted by molar-refractivity contribution is 7.72. The van der Waals surface area contributed by atoms with Crippen LogP contribution >= 0.6 is 7.92 Å². The highest BCUT2D eigenvalue weighted by Gasteiger charge is 2.16. The lowest BCUT2D eigenvalue weighted by atomic mass is 10.0. The van der Waals surface area contributed by atoms with E-state index in [1.807, 2.05) is 30.3 Å². The van der Waals surface area contributed by atoms with E-state index in [1.54, 1.807) is 0 Å². The van der Waals surface area contributed by atoms with Gasteiger partial charge in [0.15, 0.2) is 0 Å². The molecular weight excluding hydrogens is 347 g/mol. The topological polar surface area (TPSA) is 20.2 Å². The number of hydrogen-bond acceptors (Lipinski definition) is 1. The highest BCUT2D eigenvalue weighted by atomic mass is 31.1. The molecule has 27 heavy (non-hydrogen) atoms. The molecular formula is C25H21OP. The molecule has 132 valence electrons. The maximum Gasteiger partial charge on any atom is 0.119 e. The van der Waals surface area contributed by atoms with Crippen molar-refractivity contribution in [3.05, 3.63) is 115 Å². The largest absolute Gasteiger partial charge is 0.508 e. The minimum absolute atomic E-state index is 0.369. The van der Waals surface area contributed by atoms with E-state index in [0.717, 1.165) is 17.3 Å². The number of hydrogen-bond donors (Lipinski definition) is 1. The Balaban J connectivity index is 1.73. The van der Waals surface area contributed by atoms with Gasteiger partial charge < -0.3 is 5.11 Å². The fourth-order valence-electron chi connectivity index (χ4n) is 3.24. The van der Waals surface area contributed by atoms with E-state index >= 15 is 0 Å². The molecule has 0 atom stereocenters. The molecule has 0 unspecified atom stereocenters. The summed E-state index contributed by atoms with van der Waals surface area (Å²) in [6, 6.07) is 37.5. The van der Waals surface area contributed by atoms with Gasteiger partial charge in [-0.2, -0.15) is 0 Å². The third-order valence-electron chi connectivity index (χ3n) is 4.65. The van der Waals surface area contributed by atoms with Crippen molar-refractivity contribution in [1.29, 1.82) is 0 Å². The molecule has 0 saturated heterocycles. The second-order valence-electron chi connectivity index (χ2n) is 6.47. The van der Waals surface area contributed by atoms with Crippen LogP contribution < -0.4 is 10.6 Å². The predicted molar refractivity (Wildman–Crippen MR) is 116 cm³/mol. The summed E-state index contributed by atoms with van der Waals surface area (Å²) in [4.78, 5) is 0. The van der Waals surface area contributed by atoms with E-state index in [0.29, 0.717) is 5.75 Å². The highest BCUT2D eigenvalue weighted by Crippen LogP contribution is 2.41. The Labute approximate surface area is 161 Å². The normalized spacial score (nSPS) is 10.9. The van der Waals surface area contributed by atoms with Gasteiger partial charge >= 0.3 is 0 Å². The zero-order chi connectivity index (χ0) is 18.5. The van der Waals surface area contributed by atoms with Crippen molar-refractivity contribution in [2.75, 3.05) is 0 Å². The number of rotatable bonds is 5. The fourth-order valence-corrected chi connectivity index (χ4v) is 5.56. The SMILES string of the molecule is Oc1ccc(-c2ccccc2)cc1CP(c1ccccc1)c1ccccc1. The number of phenolic OH excluding ortho intramolecular Hbond substituents is 1. The minimum Gasteiger partial charge on any atom is -0.508 e. The van der Waals surface area contributed by atoms with Gasteiger partial charge in [0.05, 0.1) is 0 Å². The smallest absolute Gasteiger partial charge is 0.119 e. The van der Waals surface area contributed by atoms with Gasteiger partial charge in [-0.25, -0.2) is 0 Å². The first kappa shape index (κ1) is 17.5. The van der Waals surface area contributed by atoms with Crippen molar-refractivity contribution in [2.24, 2.45) is 0 Å². The van der Waals surface area contributed by atoms with Crippen LogP contribution in [0.15, 0.2) is 109 Å². The van der Waals surface area contributed by atoms with Crippen LogP contribution in [0.3, 0.4) is 0 Å². The zero-order valence-electron chi connectivity index (χ0n) is 15.0. The van der Waals surface area contributed by atoms with Crippen LogP contribution in [-0.4, -0.2) is 5.11 Å². The van der Waals surface area contributed by atoms with Gasteiger partial charge in [0.25, 0.3) is 0 Å². The molecule has 0 aliphatic carbocycles. The van der Waals surface area contributed by atoms with Crippen LogP contribution in [0.25, 0.3) is 11.1 Å². The summed E-state index contributed by atoms with van der Waals surface area (Å²) in [5.41, 5.74) is 3.30. The van der Waals surface area contributed by atoms with Gasteiger partial charge in [-0.05, 0) is 47.4 Å². The average Bonchev–Trinajstić information content (AvgIpc) is 2.75. The molecule has 0 amide bonds. The summed E-state index contributed by atoms with van der Waals surface area (Å²) in [6.07, 6.45) is 0.815. The first-order valence-electron chi connectivity index (χ1n) is 9.06. The molecule has 1 nitrogen and oxygen atoms in total. The quantitative estimate of drug-likeness (QED) is 0.449. The van der Waals surface area contributed by atoms with Crippen LogP contribution in [-0.2, 0) is 6.16 Å². The third-order valence-corrected chi connectivity index (χ3v) is 7.15. The second kappa shape index (κ2) is 8.20. The Morgan fingerprint density at radius 1 is 0.556 bits per heavy atom. The molecule has 0 radical (unpaired) electrons. The molecule has 0 aliphatic rings. The monoisotopic (exact) mass is 368 g/mol. The number of aromatic hydroxyl groups is 1. The lowest BCUT2D eigenvalue weighted by Crippen LogP contribution is -2.13. The van der Waals surface area contributed by atoms with Gasteiger partial charge in [0.1, 0.15) is 5.75 Å². The Morgan fingerprint density at radius 2 is 1.07 bits per heavy atom. The van der Waals surface area contributed by atoms with E-state index in [2.05, 4.69) is 78.9 Å². The molecule has 4 aromatic carbocycles. The van der Waals surface area contributed by atoms with Gasteiger partial charge in [-0.3, -0.25) is 0 Å². The summed E-state index contributed by atoms with van der Waals surface area (Å²) in [6.45, 7) is 0. The Kier molecular flexibility index (Phi) is 5.32. The molecule has 0 heterocycles. The lowest BCUT2D eigenvalue weighted by Gasteiger charge is -2.20. The van der Waals surface area contributed by atoms with E-state index in [9.17, 15) is 5.11 Å². The first-order valence-corrected chi connectivity index (χ1v) is 10.6. The number of phenols is 1. The van der Waals surface area contributed by atoms with Gasteiger partial charge in [0.2, 0.25) is 0 Å². The van der Waals surface area contributed by atoms with E-state index in [-0.39, 0.29) is 0 Å². The summed E-state index contributed by atoms with van der Waals surface area (Å²) >= 11 is 0. The van der Waals surface area contributed by atoms with Crippen molar-refractivity contribution < 1.29 is 5.11 Å². The second-order valence-corrected chi connectivity index (χ2v) is 8.67. The Morgan fingerprint density at radius 3 is 1.63 bits per heavy atom. The van der Waals surface area contributed by atoms with Crippen LogP contribution in [0, 0.1) is 0 Å². The van der Waals surface area contributed by atoms with Crippen LogP contribution in [0.4, 0.5) is 0 Å². The molecule has 0 saturated carbocycles. The lowest BCUT2D eigenvalue weighted by molar-refractivity contribution is 0.470. The van der Waals surface area contributed by atoms with Gasteiger partial charge in [-0.15, -0.1) is 0 Å². The van der Waals surface area contributed by atoms with E-state index < -0.39 is 7.92 Å². The van der Waals surface area contributed by atoms with E-state index in [1.165, 1.54) is 16.2 Å². The molecule has 0 aromatic heterocycles. The summed E-state index contributed by atoms with van der Waals surface area (Å²) < 4.78 is 0. The van der Waals surface area contributed by atoms with Crippen LogP contribution in [0.1, 0.15) is 5.56 Å². The molecule has 2 heteroatoms. The molecule has 4 rings (SSSR count). The summed E-state index contributed by atoms with van der Waals surface area (Å²) in [7, 11) is -0.585. The van der Waals surface area contributed by atoms with Gasteiger partial charge in [-0.1, -0.05) is 97.1 Å². The summed E-state index contributed by atoms with van der Waals surface area (Å²) in [5.74, 6) is 0.369. The van der Waals surface area contributed by atoms with E-state index in [4.69, 9.17) is 0 Å². The molecule has 0 bridgehead atoms. The van der Waals surface area contributed by atoms with Crippen molar-refractivity contribution in [3.8, 4) is 16.9 Å². The number of benzene rings is 4. The van der Waals surface area contributed by atoms with Crippen molar-refractivity contribution in [2.45, 2.75) is 6.16 Å². The average molecular weight is 368 g/mol. The molecule has 4 aromatic rings. The predicted octanol–water partition coefficient (Wildman–Crippen LogP) is 5.69. The van der Waals surface area contributed by atoms with Gasteiger partial charge in [0, 0.05) is 6.16 Å². The molecule has 0 spiro atoms. The standard InChI is InChI=1S/C25H21OP/c26-25-17-16-21(20-10-4-1-5-11-20)18-22(25)19-27(23-12-6-2-7-13-23)24-14-8-3-9-15-24/h1-18,26H,19H2. The fraction of sp³-hybridized carbons (Fsp3) is 0.0400. The zero-order valence-corrected chi connectivity index (χ0v) is 15.9. The maximum absolute atomic E-state index is 10.5. The van der Waals surface area contributed by atoms with Crippen molar-refractivity contribution >= 4 is 18.5 Å². The maximum atomic E-state index is 10.5. The molecule has 0 fully saturated rings. The van der Waals surface area contributed by atoms with Crippen molar-refractivity contribution in [1.82, 2.24) is 0 Å². The first-order chi connectivity index (χ1) is 13.3. The summed E-state index contributed by atoms with van der Waals surface area (Å²) in [5, 5.41) is 13.2. The van der Waals surface area contributed by atoms with Crippen molar-refractivity contribution in [3.63, 3.8) is 0 Å². The third kappa shape index (κ3) is 4.10. The molecule has 0 aliphatic heterocycles. The molecule has 1 N–H and O–H groups in total.